The summed E-state index contributed by atoms with van der Waals surface area (Å²) in [6.45, 7) is 2.03. The molecule has 45 heavy (non-hydrogen) atoms. The first-order valence-electron chi connectivity index (χ1n) is 13.9. The van der Waals surface area contributed by atoms with Crippen LogP contribution in [0, 0.1) is 6.92 Å². The van der Waals surface area contributed by atoms with Crippen LogP contribution >= 0.6 is 0 Å². The van der Waals surface area contributed by atoms with Crippen LogP contribution < -0.4 is 14.5 Å². The SMILES string of the molecule is Cc1ccc(N(C)c2ccc3c(c2)Oc2cc(N(C)c4ccc(S(=O)(=O)O)cc4)ccc2C3c2ccccc2S(=O)(=O)O)cc1. The van der Waals surface area contributed by atoms with E-state index >= 15 is 0 Å². The summed E-state index contributed by atoms with van der Waals surface area (Å²) in [7, 11) is -5.11. The van der Waals surface area contributed by atoms with Gasteiger partial charge in [0, 0.05) is 66.0 Å². The molecule has 0 amide bonds. The molecule has 5 aromatic carbocycles. The third kappa shape index (κ3) is 5.90. The van der Waals surface area contributed by atoms with E-state index < -0.39 is 26.2 Å². The third-order valence-corrected chi connectivity index (χ3v) is 9.86. The average Bonchev–Trinajstić information content (AvgIpc) is 3.02. The van der Waals surface area contributed by atoms with Crippen molar-refractivity contribution in [3.05, 3.63) is 131 Å². The molecule has 0 aromatic heterocycles. The van der Waals surface area contributed by atoms with Gasteiger partial charge in [0.05, 0.1) is 9.79 Å². The van der Waals surface area contributed by atoms with Crippen LogP contribution in [0.3, 0.4) is 0 Å². The molecule has 9 nitrogen and oxygen atoms in total. The number of nitrogens with zero attached hydrogens (tertiary/aromatic N) is 2. The van der Waals surface area contributed by atoms with E-state index in [4.69, 9.17) is 4.74 Å². The van der Waals surface area contributed by atoms with Crippen LogP contribution in [-0.4, -0.2) is 40.0 Å². The molecule has 0 radical (unpaired) electrons. The first-order valence-corrected chi connectivity index (χ1v) is 16.8. The summed E-state index contributed by atoms with van der Waals surface area (Å²) in [6, 6.07) is 31.6. The Morgan fingerprint density at radius 2 is 1.04 bits per heavy atom. The van der Waals surface area contributed by atoms with Gasteiger partial charge in [0.2, 0.25) is 0 Å². The second-order valence-electron chi connectivity index (χ2n) is 10.9. The number of hydrogen-bond acceptors (Lipinski definition) is 7. The fraction of sp³-hybridized carbons (Fsp3) is 0.118. The molecular formula is C34H30N2O7S2. The summed E-state index contributed by atoms with van der Waals surface area (Å²) in [6.07, 6.45) is 0. The fourth-order valence-electron chi connectivity index (χ4n) is 5.60. The van der Waals surface area contributed by atoms with Gasteiger partial charge in [-0.3, -0.25) is 9.11 Å². The Morgan fingerprint density at radius 3 is 1.53 bits per heavy atom. The van der Waals surface area contributed by atoms with Gasteiger partial charge < -0.3 is 14.5 Å². The molecule has 230 valence electrons. The van der Waals surface area contributed by atoms with Crippen LogP contribution in [0.2, 0.25) is 0 Å². The number of anilines is 4. The predicted molar refractivity (Wildman–Crippen MR) is 174 cm³/mol. The molecule has 2 N–H and O–H groups in total. The summed E-state index contributed by atoms with van der Waals surface area (Å²) in [5, 5.41) is 0. The second-order valence-corrected chi connectivity index (χ2v) is 13.7. The van der Waals surface area contributed by atoms with E-state index in [1.165, 1.54) is 18.2 Å². The van der Waals surface area contributed by atoms with Gasteiger partial charge in [-0.15, -0.1) is 0 Å². The number of benzene rings is 5. The Labute approximate surface area is 262 Å². The molecule has 1 atom stereocenters. The summed E-state index contributed by atoms with van der Waals surface area (Å²) in [4.78, 5) is 3.46. The number of fused-ring (bicyclic) bond motifs is 2. The highest BCUT2D eigenvalue weighted by molar-refractivity contribution is 7.86. The highest BCUT2D eigenvalue weighted by Gasteiger charge is 2.33. The number of hydrogen-bond donors (Lipinski definition) is 2. The molecule has 1 aliphatic heterocycles. The Kier molecular flexibility index (Phi) is 7.66. The lowest BCUT2D eigenvalue weighted by Crippen LogP contribution is -2.17. The standard InChI is InChI=1S/C34H30N2O7S2/c1-22-8-10-23(11-9-22)35(2)25-14-18-28-31(20-25)43-32-21-26(36(3)24-12-16-27(17-13-24)44(37,38)39)15-19-29(32)34(28)30-6-4-5-7-33(30)45(40,41)42/h4-21,34H,1-3H3,(H,37,38,39)(H,40,41,42). The zero-order valence-electron chi connectivity index (χ0n) is 24.6. The van der Waals surface area contributed by atoms with Crippen LogP contribution in [0.15, 0.2) is 119 Å². The van der Waals surface area contributed by atoms with E-state index in [2.05, 4.69) is 0 Å². The quantitative estimate of drug-likeness (QED) is 0.173. The third-order valence-electron chi connectivity index (χ3n) is 8.06. The van der Waals surface area contributed by atoms with Gasteiger partial charge in [-0.05, 0) is 67.1 Å². The highest BCUT2D eigenvalue weighted by atomic mass is 32.2. The molecule has 1 aliphatic rings. The van der Waals surface area contributed by atoms with E-state index in [-0.39, 0.29) is 9.79 Å². The van der Waals surface area contributed by atoms with Crippen LogP contribution in [0.25, 0.3) is 0 Å². The molecule has 11 heteroatoms. The van der Waals surface area contributed by atoms with Crippen molar-refractivity contribution in [2.45, 2.75) is 22.6 Å². The van der Waals surface area contributed by atoms with E-state index in [1.807, 2.05) is 84.4 Å². The second kappa shape index (κ2) is 11.4. The summed E-state index contributed by atoms with van der Waals surface area (Å²) < 4.78 is 74.0. The zero-order chi connectivity index (χ0) is 32.1. The Morgan fingerprint density at radius 1 is 0.578 bits per heavy atom. The minimum Gasteiger partial charge on any atom is -0.457 e. The lowest BCUT2D eigenvalue weighted by molar-refractivity contribution is 0.451. The van der Waals surface area contributed by atoms with Gasteiger partial charge >= 0.3 is 0 Å². The highest BCUT2D eigenvalue weighted by Crippen LogP contribution is 2.51. The van der Waals surface area contributed by atoms with Gasteiger partial charge in [-0.2, -0.15) is 16.8 Å². The van der Waals surface area contributed by atoms with E-state index in [0.717, 1.165) is 22.5 Å². The van der Waals surface area contributed by atoms with Crippen molar-refractivity contribution >= 4 is 43.0 Å². The molecular weight excluding hydrogens is 613 g/mol. The molecule has 0 spiro atoms. The molecule has 1 heterocycles. The van der Waals surface area contributed by atoms with Gasteiger partial charge in [0.25, 0.3) is 20.2 Å². The predicted octanol–water partition coefficient (Wildman–Crippen LogP) is 7.31. The van der Waals surface area contributed by atoms with Gasteiger partial charge in [0.1, 0.15) is 11.5 Å². The largest absolute Gasteiger partial charge is 0.457 e. The van der Waals surface area contributed by atoms with Crippen LogP contribution in [0.4, 0.5) is 22.7 Å². The van der Waals surface area contributed by atoms with Gasteiger partial charge in [-0.1, -0.05) is 48.0 Å². The van der Waals surface area contributed by atoms with Crippen molar-refractivity contribution in [3.63, 3.8) is 0 Å². The van der Waals surface area contributed by atoms with Crippen molar-refractivity contribution in [1.82, 2.24) is 0 Å². The lowest BCUT2D eigenvalue weighted by atomic mass is 9.82. The molecule has 1 unspecified atom stereocenters. The summed E-state index contributed by atoms with van der Waals surface area (Å²) in [5.74, 6) is 0.451. The van der Waals surface area contributed by atoms with Crippen molar-refractivity contribution in [3.8, 4) is 11.5 Å². The Balaban J connectivity index is 1.47. The maximum atomic E-state index is 12.5. The topological polar surface area (TPSA) is 124 Å². The Bertz CT molecular complexity index is 2130. The molecule has 0 saturated heterocycles. The number of rotatable bonds is 7. The normalized spacial score (nSPS) is 14.2. The van der Waals surface area contributed by atoms with Crippen molar-refractivity contribution in [1.29, 1.82) is 0 Å². The number of ether oxygens (including phenoxy) is 1. The molecule has 0 bridgehead atoms. The number of aryl methyl sites for hydroxylation is 1. The maximum absolute atomic E-state index is 12.5. The first-order chi connectivity index (χ1) is 21.3. The lowest BCUT2D eigenvalue weighted by Gasteiger charge is -2.32. The average molecular weight is 643 g/mol. The minimum atomic E-state index is -4.54. The minimum absolute atomic E-state index is 0.185. The van der Waals surface area contributed by atoms with Gasteiger partial charge in [0.15, 0.2) is 0 Å². The molecule has 0 saturated carbocycles. The Hall–Kier alpha value is -4.68. The fourth-order valence-corrected chi connectivity index (χ4v) is 6.81. The summed E-state index contributed by atoms with van der Waals surface area (Å²) >= 11 is 0. The van der Waals surface area contributed by atoms with E-state index in [9.17, 15) is 25.9 Å². The van der Waals surface area contributed by atoms with Crippen molar-refractivity contribution in [2.75, 3.05) is 23.9 Å². The molecule has 0 aliphatic carbocycles. The van der Waals surface area contributed by atoms with Gasteiger partial charge in [-0.25, -0.2) is 0 Å². The smallest absolute Gasteiger partial charge is 0.294 e. The maximum Gasteiger partial charge on any atom is 0.294 e. The summed E-state index contributed by atoms with van der Waals surface area (Å²) in [5.41, 5.74) is 6.21. The molecule has 5 aromatic rings. The molecule has 6 rings (SSSR count). The molecule has 0 fully saturated rings. The van der Waals surface area contributed by atoms with Crippen LogP contribution in [-0.2, 0) is 20.2 Å². The van der Waals surface area contributed by atoms with Crippen LogP contribution in [0.1, 0.15) is 28.2 Å². The zero-order valence-corrected chi connectivity index (χ0v) is 26.2. The first kappa shape index (κ1) is 30.4. The van der Waals surface area contributed by atoms with E-state index in [0.29, 0.717) is 34.0 Å². The van der Waals surface area contributed by atoms with Crippen molar-refractivity contribution < 1.29 is 30.7 Å². The van der Waals surface area contributed by atoms with Crippen molar-refractivity contribution in [2.24, 2.45) is 0 Å². The monoisotopic (exact) mass is 642 g/mol. The van der Waals surface area contributed by atoms with E-state index in [1.54, 1.807) is 37.4 Å². The van der Waals surface area contributed by atoms with Crippen LogP contribution in [0.5, 0.6) is 11.5 Å².